The molecule has 0 aliphatic heterocycles. The Balaban J connectivity index is 1.95. The number of nitrogens with zero attached hydrogens (tertiary/aromatic N) is 5. The summed E-state index contributed by atoms with van der Waals surface area (Å²) >= 11 is 0. The number of nitrogens with one attached hydrogen (secondary N) is 1. The molecule has 0 aliphatic carbocycles. The molecule has 0 bridgehead atoms. The third-order valence-electron chi connectivity index (χ3n) is 4.34. The van der Waals surface area contributed by atoms with Crippen molar-refractivity contribution in [3.63, 3.8) is 0 Å². The Morgan fingerprint density at radius 2 is 2.00 bits per heavy atom. The largest absolute Gasteiger partial charge is 0.504 e. The number of benzene rings is 1. The predicted molar refractivity (Wildman–Crippen MR) is 106 cm³/mol. The standard InChI is InChI=1S/C18H22N6O4/c1-5-24-16(26)14-15(23(4)18(24)27)20-17(22(14)3)21-19-10-11-7-8-12(25)13(9-11)28-6-2/h7-10,25H,5-6H2,1-4H3,(H,20,21). The minimum absolute atomic E-state index is 0.0513. The molecular weight excluding hydrogens is 364 g/mol. The molecule has 2 aromatic heterocycles. The van der Waals surface area contributed by atoms with Crippen LogP contribution in [0.3, 0.4) is 0 Å². The van der Waals surface area contributed by atoms with Gasteiger partial charge in [0.15, 0.2) is 22.7 Å². The van der Waals surface area contributed by atoms with E-state index >= 15 is 0 Å². The zero-order valence-electron chi connectivity index (χ0n) is 16.1. The van der Waals surface area contributed by atoms with E-state index in [-0.39, 0.29) is 17.9 Å². The van der Waals surface area contributed by atoms with Crippen LogP contribution in [0.2, 0.25) is 0 Å². The van der Waals surface area contributed by atoms with Gasteiger partial charge in [0.25, 0.3) is 5.56 Å². The number of fused-ring (bicyclic) bond motifs is 1. The van der Waals surface area contributed by atoms with E-state index in [9.17, 15) is 14.7 Å². The summed E-state index contributed by atoms with van der Waals surface area (Å²) in [5.74, 6) is 0.732. The zero-order chi connectivity index (χ0) is 20.4. The highest BCUT2D eigenvalue weighted by molar-refractivity contribution is 5.81. The van der Waals surface area contributed by atoms with E-state index in [1.165, 1.54) is 16.8 Å². The summed E-state index contributed by atoms with van der Waals surface area (Å²) < 4.78 is 9.39. The molecule has 2 heterocycles. The van der Waals surface area contributed by atoms with Crippen LogP contribution in [0.15, 0.2) is 32.9 Å². The first-order chi connectivity index (χ1) is 13.4. The van der Waals surface area contributed by atoms with Gasteiger partial charge in [-0.05, 0) is 37.6 Å². The van der Waals surface area contributed by atoms with Gasteiger partial charge in [-0.2, -0.15) is 10.1 Å². The van der Waals surface area contributed by atoms with Crippen LogP contribution in [0, 0.1) is 0 Å². The van der Waals surface area contributed by atoms with Crippen molar-refractivity contribution in [1.82, 2.24) is 18.7 Å². The Morgan fingerprint density at radius 3 is 2.68 bits per heavy atom. The van der Waals surface area contributed by atoms with Gasteiger partial charge >= 0.3 is 5.69 Å². The first-order valence-electron chi connectivity index (χ1n) is 8.80. The lowest BCUT2D eigenvalue weighted by Gasteiger charge is -2.06. The number of hydrogen-bond donors (Lipinski definition) is 2. The molecule has 0 spiro atoms. The van der Waals surface area contributed by atoms with Crippen molar-refractivity contribution in [2.24, 2.45) is 19.2 Å². The van der Waals surface area contributed by atoms with E-state index in [1.54, 1.807) is 37.7 Å². The average molecular weight is 386 g/mol. The Hall–Kier alpha value is -3.56. The van der Waals surface area contributed by atoms with Crippen LogP contribution in [0.4, 0.5) is 5.95 Å². The fourth-order valence-corrected chi connectivity index (χ4v) is 2.87. The van der Waals surface area contributed by atoms with Crippen LogP contribution in [0.5, 0.6) is 11.5 Å². The van der Waals surface area contributed by atoms with Crippen LogP contribution < -0.4 is 21.4 Å². The number of ether oxygens (including phenoxy) is 1. The maximum atomic E-state index is 12.6. The second-order valence-corrected chi connectivity index (χ2v) is 6.09. The van der Waals surface area contributed by atoms with Gasteiger partial charge in [-0.1, -0.05) is 0 Å². The van der Waals surface area contributed by atoms with E-state index in [1.807, 2.05) is 6.92 Å². The van der Waals surface area contributed by atoms with Crippen molar-refractivity contribution in [3.05, 3.63) is 44.6 Å². The molecule has 0 amide bonds. The topological polar surface area (TPSA) is 116 Å². The number of anilines is 1. The number of hydrogen-bond acceptors (Lipinski definition) is 7. The smallest absolute Gasteiger partial charge is 0.332 e. The van der Waals surface area contributed by atoms with Gasteiger partial charge in [0.2, 0.25) is 5.95 Å². The summed E-state index contributed by atoms with van der Waals surface area (Å²) in [6.45, 7) is 4.27. The summed E-state index contributed by atoms with van der Waals surface area (Å²) in [5.41, 5.74) is 3.26. The van der Waals surface area contributed by atoms with Gasteiger partial charge in [0.05, 0.1) is 12.8 Å². The molecule has 148 valence electrons. The summed E-state index contributed by atoms with van der Waals surface area (Å²) in [6, 6.07) is 4.86. The molecule has 2 N–H and O–H groups in total. The summed E-state index contributed by atoms with van der Waals surface area (Å²) in [5, 5.41) is 13.9. The molecule has 10 nitrogen and oxygen atoms in total. The van der Waals surface area contributed by atoms with Crippen molar-refractivity contribution in [2.45, 2.75) is 20.4 Å². The number of aromatic nitrogens is 4. The number of rotatable bonds is 6. The molecule has 10 heteroatoms. The number of imidazole rings is 1. The van der Waals surface area contributed by atoms with Crippen LogP contribution in [0.1, 0.15) is 19.4 Å². The number of phenolic OH excluding ortho intramolecular Hbond substituents is 1. The van der Waals surface area contributed by atoms with Gasteiger partial charge in [0.1, 0.15) is 0 Å². The van der Waals surface area contributed by atoms with Crippen molar-refractivity contribution in [3.8, 4) is 11.5 Å². The predicted octanol–water partition coefficient (Wildman–Crippen LogP) is 1.00. The van der Waals surface area contributed by atoms with Gasteiger partial charge in [-0.25, -0.2) is 10.2 Å². The fraction of sp³-hybridized carbons (Fsp3) is 0.333. The van der Waals surface area contributed by atoms with Crippen molar-refractivity contribution in [1.29, 1.82) is 0 Å². The summed E-state index contributed by atoms with van der Waals surface area (Å²) in [4.78, 5) is 29.2. The maximum absolute atomic E-state index is 12.6. The SMILES string of the molecule is CCOc1cc(C=NNc2nc3c(c(=O)n(CC)c(=O)n3C)n2C)ccc1O. The molecule has 0 atom stereocenters. The van der Waals surface area contributed by atoms with E-state index in [4.69, 9.17) is 4.74 Å². The second-order valence-electron chi connectivity index (χ2n) is 6.09. The first kappa shape index (κ1) is 19.2. The quantitative estimate of drug-likeness (QED) is 0.482. The third kappa shape index (κ3) is 3.24. The highest BCUT2D eigenvalue weighted by atomic mass is 16.5. The Labute approximate surface area is 160 Å². The number of aryl methyl sites for hydroxylation is 2. The molecule has 0 fully saturated rings. The Bertz CT molecular complexity index is 1170. The molecule has 3 rings (SSSR count). The van der Waals surface area contributed by atoms with E-state index in [0.29, 0.717) is 29.4 Å². The van der Waals surface area contributed by atoms with E-state index < -0.39 is 11.2 Å². The van der Waals surface area contributed by atoms with Crippen LogP contribution in [0.25, 0.3) is 11.2 Å². The average Bonchev–Trinajstić information content (AvgIpc) is 3.00. The zero-order valence-corrected chi connectivity index (χ0v) is 16.1. The van der Waals surface area contributed by atoms with Gasteiger partial charge < -0.3 is 14.4 Å². The molecule has 0 unspecified atom stereocenters. The molecule has 0 radical (unpaired) electrons. The van der Waals surface area contributed by atoms with Crippen molar-refractivity contribution in [2.75, 3.05) is 12.0 Å². The molecule has 3 aromatic rings. The first-order valence-corrected chi connectivity index (χ1v) is 8.80. The number of phenols is 1. The van der Waals surface area contributed by atoms with Gasteiger partial charge in [0, 0.05) is 20.6 Å². The normalized spacial score (nSPS) is 11.4. The lowest BCUT2D eigenvalue weighted by molar-refractivity contribution is 0.318. The fourth-order valence-electron chi connectivity index (χ4n) is 2.87. The van der Waals surface area contributed by atoms with E-state index in [0.717, 1.165) is 4.57 Å². The monoisotopic (exact) mass is 386 g/mol. The third-order valence-corrected chi connectivity index (χ3v) is 4.34. The number of aromatic hydroxyl groups is 1. The van der Waals surface area contributed by atoms with E-state index in [2.05, 4.69) is 15.5 Å². The van der Waals surface area contributed by atoms with Crippen LogP contribution in [-0.4, -0.2) is 36.6 Å². The molecule has 28 heavy (non-hydrogen) atoms. The number of hydrazone groups is 1. The van der Waals surface area contributed by atoms with Crippen molar-refractivity contribution < 1.29 is 9.84 Å². The minimum Gasteiger partial charge on any atom is -0.504 e. The van der Waals surface area contributed by atoms with Crippen LogP contribution in [-0.2, 0) is 20.6 Å². The molecular formula is C18H22N6O4. The summed E-state index contributed by atoms with van der Waals surface area (Å²) in [7, 11) is 3.24. The lowest BCUT2D eigenvalue weighted by atomic mass is 10.2. The molecule has 0 saturated heterocycles. The lowest BCUT2D eigenvalue weighted by Crippen LogP contribution is -2.39. The molecule has 0 saturated carbocycles. The Morgan fingerprint density at radius 1 is 1.25 bits per heavy atom. The highest BCUT2D eigenvalue weighted by Crippen LogP contribution is 2.26. The van der Waals surface area contributed by atoms with Crippen molar-refractivity contribution >= 4 is 23.3 Å². The molecule has 0 aliphatic rings. The summed E-state index contributed by atoms with van der Waals surface area (Å²) in [6.07, 6.45) is 1.53. The minimum atomic E-state index is -0.416. The highest BCUT2D eigenvalue weighted by Gasteiger charge is 2.17. The van der Waals surface area contributed by atoms with Crippen LogP contribution >= 0.6 is 0 Å². The maximum Gasteiger partial charge on any atom is 0.332 e. The Kier molecular flexibility index (Phi) is 5.21. The van der Waals surface area contributed by atoms with Gasteiger partial charge in [-0.15, -0.1) is 0 Å². The van der Waals surface area contributed by atoms with Gasteiger partial charge in [-0.3, -0.25) is 13.9 Å². The molecule has 1 aromatic carbocycles. The second kappa shape index (κ2) is 7.59.